The molecule has 9 heteroatoms. The molecule has 1 N–H and O–H groups in total. The summed E-state index contributed by atoms with van der Waals surface area (Å²) < 4.78 is 30.9. The van der Waals surface area contributed by atoms with Gasteiger partial charge in [0.1, 0.15) is 5.82 Å². The molecular weight excluding hydrogens is 422 g/mol. The van der Waals surface area contributed by atoms with E-state index in [1.54, 1.807) is 0 Å². The average molecular weight is 449 g/mol. The summed E-state index contributed by atoms with van der Waals surface area (Å²) in [6.45, 7) is 7.00. The Hall–Kier alpha value is -2.42. The predicted molar refractivity (Wildman–Crippen MR) is 116 cm³/mol. The molecule has 31 heavy (non-hydrogen) atoms. The number of nitrogens with zero attached hydrogens (tertiary/aromatic N) is 4. The van der Waals surface area contributed by atoms with Crippen LogP contribution in [-0.4, -0.2) is 35.7 Å². The highest BCUT2D eigenvalue weighted by atomic mass is 32.2. The van der Waals surface area contributed by atoms with Crippen molar-refractivity contribution in [3.8, 4) is 0 Å². The SMILES string of the molecule is CC(C)(C)c1nc2cc(Sn3cc(C(=O)O)cn3)ccc2n1CC1CCC(F)(F)CC1. The lowest BCUT2D eigenvalue weighted by Gasteiger charge is -2.30. The molecule has 0 amide bonds. The first-order chi connectivity index (χ1) is 14.5. The van der Waals surface area contributed by atoms with Crippen LogP contribution in [-0.2, 0) is 12.0 Å². The first-order valence-corrected chi connectivity index (χ1v) is 11.1. The number of aromatic nitrogens is 4. The number of rotatable bonds is 5. The number of aromatic carboxylic acids is 1. The van der Waals surface area contributed by atoms with E-state index in [0.717, 1.165) is 21.8 Å². The molecule has 0 radical (unpaired) electrons. The van der Waals surface area contributed by atoms with Crippen LogP contribution in [0.25, 0.3) is 11.0 Å². The molecule has 0 unspecified atom stereocenters. The molecule has 4 rings (SSSR count). The smallest absolute Gasteiger partial charge is 0.338 e. The lowest BCUT2D eigenvalue weighted by atomic mass is 9.86. The summed E-state index contributed by atoms with van der Waals surface area (Å²) in [5.41, 5.74) is 1.76. The Balaban J connectivity index is 1.63. The van der Waals surface area contributed by atoms with Gasteiger partial charge in [-0.25, -0.2) is 22.6 Å². The van der Waals surface area contributed by atoms with Crippen LogP contribution in [0.2, 0.25) is 0 Å². The predicted octanol–water partition coefficient (Wildman–Crippen LogP) is 5.61. The molecule has 3 aromatic rings. The van der Waals surface area contributed by atoms with Crippen LogP contribution in [0.4, 0.5) is 8.78 Å². The number of carboxylic acids is 1. The van der Waals surface area contributed by atoms with E-state index in [-0.39, 0.29) is 29.7 Å². The Kier molecular flexibility index (Phi) is 5.57. The Bertz CT molecular complexity index is 1110. The normalized spacial score (nSPS) is 17.3. The molecule has 2 aromatic heterocycles. The zero-order valence-electron chi connectivity index (χ0n) is 17.8. The van der Waals surface area contributed by atoms with Gasteiger partial charge in [0.05, 0.1) is 29.0 Å². The van der Waals surface area contributed by atoms with E-state index in [2.05, 4.69) is 30.4 Å². The molecule has 0 atom stereocenters. The molecule has 1 aliphatic carbocycles. The number of hydrogen-bond donors (Lipinski definition) is 1. The van der Waals surface area contributed by atoms with Gasteiger partial charge in [0, 0.05) is 41.6 Å². The number of fused-ring (bicyclic) bond motifs is 1. The van der Waals surface area contributed by atoms with E-state index in [9.17, 15) is 13.6 Å². The average Bonchev–Trinajstić information content (AvgIpc) is 3.28. The van der Waals surface area contributed by atoms with Crippen LogP contribution >= 0.6 is 11.9 Å². The van der Waals surface area contributed by atoms with Crippen LogP contribution in [0.15, 0.2) is 35.5 Å². The van der Waals surface area contributed by atoms with Gasteiger partial charge in [0.25, 0.3) is 0 Å². The first kappa shape index (κ1) is 21.8. The van der Waals surface area contributed by atoms with Crippen LogP contribution in [0, 0.1) is 5.92 Å². The van der Waals surface area contributed by atoms with Gasteiger partial charge in [-0.3, -0.25) is 0 Å². The van der Waals surface area contributed by atoms with Gasteiger partial charge in [-0.15, -0.1) is 0 Å². The van der Waals surface area contributed by atoms with Gasteiger partial charge in [0.2, 0.25) is 5.92 Å². The van der Waals surface area contributed by atoms with E-state index < -0.39 is 11.9 Å². The third kappa shape index (κ3) is 4.76. The highest BCUT2D eigenvalue weighted by Crippen LogP contribution is 2.38. The lowest BCUT2D eigenvalue weighted by Crippen LogP contribution is -2.28. The summed E-state index contributed by atoms with van der Waals surface area (Å²) >= 11 is 1.31. The van der Waals surface area contributed by atoms with E-state index >= 15 is 0 Å². The second-order valence-corrected chi connectivity index (χ2v) is 10.3. The van der Waals surface area contributed by atoms with Gasteiger partial charge in [-0.1, -0.05) is 20.8 Å². The Morgan fingerprint density at radius 2 is 2.00 bits per heavy atom. The van der Waals surface area contributed by atoms with Gasteiger partial charge < -0.3 is 9.67 Å². The molecule has 1 saturated carbocycles. The van der Waals surface area contributed by atoms with Crippen molar-refractivity contribution in [2.45, 2.75) is 69.2 Å². The van der Waals surface area contributed by atoms with Gasteiger partial charge in [0.15, 0.2) is 0 Å². The maximum atomic E-state index is 13.6. The summed E-state index contributed by atoms with van der Waals surface area (Å²) in [4.78, 5) is 16.8. The molecule has 1 fully saturated rings. The van der Waals surface area contributed by atoms with Crippen molar-refractivity contribution in [1.82, 2.24) is 18.7 Å². The summed E-state index contributed by atoms with van der Waals surface area (Å²) in [5, 5.41) is 13.1. The second kappa shape index (κ2) is 7.93. The molecule has 1 aromatic carbocycles. The molecule has 1 aliphatic rings. The topological polar surface area (TPSA) is 72.9 Å². The first-order valence-electron chi connectivity index (χ1n) is 10.4. The quantitative estimate of drug-likeness (QED) is 0.549. The fourth-order valence-corrected chi connectivity index (χ4v) is 4.81. The minimum Gasteiger partial charge on any atom is -0.478 e. The summed E-state index contributed by atoms with van der Waals surface area (Å²) in [6.07, 6.45) is 3.74. The highest BCUT2D eigenvalue weighted by Gasteiger charge is 2.35. The van der Waals surface area contributed by atoms with Crippen LogP contribution in [0.5, 0.6) is 0 Å². The molecule has 6 nitrogen and oxygen atoms in total. The maximum absolute atomic E-state index is 13.6. The van der Waals surface area contributed by atoms with Crippen molar-refractivity contribution in [3.05, 3.63) is 42.0 Å². The highest BCUT2D eigenvalue weighted by molar-refractivity contribution is 7.97. The largest absolute Gasteiger partial charge is 0.478 e. The monoisotopic (exact) mass is 448 g/mol. The van der Waals surface area contributed by atoms with E-state index in [1.807, 2.05) is 18.2 Å². The van der Waals surface area contributed by atoms with E-state index in [0.29, 0.717) is 19.4 Å². The minimum atomic E-state index is -2.53. The third-order valence-electron chi connectivity index (χ3n) is 5.67. The zero-order chi connectivity index (χ0) is 22.4. The van der Waals surface area contributed by atoms with Crippen LogP contribution in [0.1, 0.15) is 62.6 Å². The van der Waals surface area contributed by atoms with Crippen molar-refractivity contribution in [3.63, 3.8) is 0 Å². The number of carbonyl (C=O) groups is 1. The van der Waals surface area contributed by atoms with Gasteiger partial charge in [-0.2, -0.15) is 5.10 Å². The van der Waals surface area contributed by atoms with Crippen molar-refractivity contribution in [2.24, 2.45) is 5.92 Å². The van der Waals surface area contributed by atoms with Gasteiger partial charge >= 0.3 is 5.97 Å². The number of benzene rings is 1. The van der Waals surface area contributed by atoms with Crippen molar-refractivity contribution >= 4 is 29.0 Å². The van der Waals surface area contributed by atoms with Crippen LogP contribution in [0.3, 0.4) is 0 Å². The van der Waals surface area contributed by atoms with Crippen LogP contribution < -0.4 is 0 Å². The Morgan fingerprint density at radius 1 is 1.29 bits per heavy atom. The molecular formula is C22H26F2N4O2S. The van der Waals surface area contributed by atoms with E-state index in [4.69, 9.17) is 10.1 Å². The summed E-state index contributed by atoms with van der Waals surface area (Å²) in [6, 6.07) is 5.91. The Morgan fingerprint density at radius 3 is 2.61 bits per heavy atom. The number of imidazole rings is 1. The zero-order valence-corrected chi connectivity index (χ0v) is 18.6. The maximum Gasteiger partial charge on any atom is 0.338 e. The molecule has 166 valence electrons. The fourth-order valence-electron chi connectivity index (χ4n) is 4.04. The summed E-state index contributed by atoms with van der Waals surface area (Å²) in [7, 11) is 0. The number of alkyl halides is 2. The minimum absolute atomic E-state index is 0.0435. The number of halogens is 2. The Labute approximate surface area is 183 Å². The lowest BCUT2D eigenvalue weighted by molar-refractivity contribution is -0.0473. The second-order valence-electron chi connectivity index (χ2n) is 9.27. The third-order valence-corrected chi connectivity index (χ3v) is 6.53. The summed E-state index contributed by atoms with van der Waals surface area (Å²) in [5.74, 6) is -2.39. The number of carboxylic acid groups (broad SMARTS) is 1. The van der Waals surface area contributed by atoms with Gasteiger partial charge in [-0.05, 0) is 37.0 Å². The van der Waals surface area contributed by atoms with Crippen molar-refractivity contribution < 1.29 is 18.7 Å². The molecule has 0 aliphatic heterocycles. The molecule has 0 spiro atoms. The van der Waals surface area contributed by atoms with E-state index in [1.165, 1.54) is 28.4 Å². The van der Waals surface area contributed by atoms with Crippen molar-refractivity contribution in [2.75, 3.05) is 0 Å². The molecule has 0 saturated heterocycles. The standard InChI is InChI=1S/C22H26F2N4O2S/c1-21(2,3)20-26-17-10-16(31-28-13-15(11-25-28)19(29)30)4-5-18(17)27(20)12-14-6-8-22(23,24)9-7-14/h4-5,10-11,13-14H,6-9,12H2,1-3H3,(H,29,30). The number of hydrogen-bond acceptors (Lipinski definition) is 4. The van der Waals surface area contributed by atoms with Crippen molar-refractivity contribution in [1.29, 1.82) is 0 Å². The molecule has 0 bridgehead atoms. The molecule has 2 heterocycles. The fraction of sp³-hybridized carbons (Fsp3) is 0.500.